The number of carbonyl (C=O) groups is 1. The maximum absolute atomic E-state index is 14.1. The van der Waals surface area contributed by atoms with Gasteiger partial charge in [0, 0.05) is 43.7 Å². The van der Waals surface area contributed by atoms with E-state index in [4.69, 9.17) is 0 Å². The van der Waals surface area contributed by atoms with Crippen molar-refractivity contribution < 1.29 is 22.4 Å². The van der Waals surface area contributed by atoms with Crippen LogP contribution in [0.3, 0.4) is 0 Å². The monoisotopic (exact) mass is 483 g/mol. The zero-order chi connectivity index (χ0) is 25.3. The van der Waals surface area contributed by atoms with Crippen molar-refractivity contribution in [3.63, 3.8) is 0 Å². The van der Waals surface area contributed by atoms with Crippen LogP contribution < -0.4 is 0 Å². The summed E-state index contributed by atoms with van der Waals surface area (Å²) in [4.78, 5) is 19.0. The van der Waals surface area contributed by atoms with Crippen molar-refractivity contribution in [3.8, 4) is 5.69 Å². The van der Waals surface area contributed by atoms with Gasteiger partial charge in [0.25, 0.3) is 5.91 Å². The molecule has 0 radical (unpaired) electrons. The lowest BCUT2D eigenvalue weighted by molar-refractivity contribution is 0.0777. The summed E-state index contributed by atoms with van der Waals surface area (Å²) in [6.45, 7) is 2.11. The molecular weight excluding hydrogens is 462 g/mol. The molecule has 0 N–H and O–H groups in total. The molecule has 4 rings (SSSR count). The number of rotatable bonds is 6. The van der Waals surface area contributed by atoms with Crippen LogP contribution in [0, 0.1) is 30.2 Å². The molecule has 0 aliphatic rings. The highest BCUT2D eigenvalue weighted by Gasteiger charge is 2.22. The number of aromatic nitrogens is 4. The van der Waals surface area contributed by atoms with E-state index in [9.17, 15) is 22.4 Å². The summed E-state index contributed by atoms with van der Waals surface area (Å²) < 4.78 is 58.4. The van der Waals surface area contributed by atoms with Gasteiger partial charge in [0.1, 0.15) is 23.2 Å². The zero-order valence-corrected chi connectivity index (χ0v) is 19.1. The van der Waals surface area contributed by atoms with Gasteiger partial charge in [0.2, 0.25) is 0 Å². The highest BCUT2D eigenvalue weighted by molar-refractivity contribution is 5.93. The summed E-state index contributed by atoms with van der Waals surface area (Å²) in [6.07, 6.45) is 5.42. The Balaban J connectivity index is 1.74. The summed E-state index contributed by atoms with van der Waals surface area (Å²) in [5.41, 5.74) is 1.59. The standard InChI is InChI=1S/C25H21F4N5O/c1-15-16(14-33(3)31-15)13-32(2)25(35)22-12-30-23(34(22)18-6-4-17(26)5-7-18)11-8-19-20(27)9-10-21(28)24(19)29/h4-12,14H,13H2,1-3H3. The molecule has 6 nitrogen and oxygen atoms in total. The average molecular weight is 483 g/mol. The minimum Gasteiger partial charge on any atom is -0.336 e. The van der Waals surface area contributed by atoms with Crippen LogP contribution in [0.15, 0.2) is 48.8 Å². The van der Waals surface area contributed by atoms with Gasteiger partial charge in [-0.25, -0.2) is 22.5 Å². The fourth-order valence-corrected chi connectivity index (χ4v) is 3.68. The molecule has 35 heavy (non-hydrogen) atoms. The van der Waals surface area contributed by atoms with Crippen LogP contribution in [-0.4, -0.2) is 37.2 Å². The maximum Gasteiger partial charge on any atom is 0.272 e. The van der Waals surface area contributed by atoms with Crippen molar-refractivity contribution in [3.05, 3.63) is 100 Å². The van der Waals surface area contributed by atoms with Gasteiger partial charge in [-0.2, -0.15) is 5.10 Å². The van der Waals surface area contributed by atoms with E-state index >= 15 is 0 Å². The Kier molecular flexibility index (Phi) is 6.54. The summed E-state index contributed by atoms with van der Waals surface area (Å²) in [6, 6.07) is 6.82. The molecule has 180 valence electrons. The molecule has 1 amide bonds. The second-order valence-corrected chi connectivity index (χ2v) is 7.98. The number of benzene rings is 2. The molecule has 0 bridgehead atoms. The van der Waals surface area contributed by atoms with E-state index in [1.807, 2.05) is 13.1 Å². The van der Waals surface area contributed by atoms with Gasteiger partial charge in [-0.1, -0.05) is 0 Å². The molecule has 2 heterocycles. The summed E-state index contributed by atoms with van der Waals surface area (Å²) in [7, 11) is 3.40. The molecule has 0 aliphatic heterocycles. The first-order valence-corrected chi connectivity index (χ1v) is 10.6. The normalized spacial score (nSPS) is 11.4. The van der Waals surface area contributed by atoms with Crippen LogP contribution in [0.1, 0.15) is 33.1 Å². The van der Waals surface area contributed by atoms with E-state index in [0.29, 0.717) is 11.8 Å². The van der Waals surface area contributed by atoms with Gasteiger partial charge in [-0.15, -0.1) is 0 Å². The van der Waals surface area contributed by atoms with Gasteiger partial charge in [-0.05, 0) is 55.5 Å². The second kappa shape index (κ2) is 9.57. The van der Waals surface area contributed by atoms with E-state index < -0.39 is 34.7 Å². The number of nitrogens with zero attached hydrogens (tertiary/aromatic N) is 5. The van der Waals surface area contributed by atoms with Crippen LogP contribution >= 0.6 is 0 Å². The third-order valence-corrected chi connectivity index (χ3v) is 5.44. The SMILES string of the molecule is Cc1nn(C)cc1CN(C)C(=O)c1cnc(C=Cc2c(F)ccc(F)c2F)n1-c1ccc(F)cc1. The molecule has 10 heteroatoms. The Morgan fingerprint density at radius 3 is 2.37 bits per heavy atom. The maximum atomic E-state index is 14.1. The number of hydrogen-bond acceptors (Lipinski definition) is 3. The van der Waals surface area contributed by atoms with E-state index in [1.165, 1.54) is 46.0 Å². The third kappa shape index (κ3) is 4.86. The molecule has 2 aromatic heterocycles. The van der Waals surface area contributed by atoms with Gasteiger partial charge in [-0.3, -0.25) is 14.0 Å². The lowest BCUT2D eigenvalue weighted by Gasteiger charge is -2.18. The number of halogens is 4. The van der Waals surface area contributed by atoms with Crippen LogP contribution in [-0.2, 0) is 13.6 Å². The molecule has 0 spiro atoms. The smallest absolute Gasteiger partial charge is 0.272 e. The Morgan fingerprint density at radius 1 is 1.03 bits per heavy atom. The fraction of sp³-hybridized carbons (Fsp3) is 0.160. The molecule has 0 aliphatic carbocycles. The Morgan fingerprint density at radius 2 is 1.71 bits per heavy atom. The predicted molar refractivity (Wildman–Crippen MR) is 123 cm³/mol. The topological polar surface area (TPSA) is 56.0 Å². The third-order valence-electron chi connectivity index (χ3n) is 5.44. The second-order valence-electron chi connectivity index (χ2n) is 7.98. The minimum absolute atomic E-state index is 0.133. The van der Waals surface area contributed by atoms with Gasteiger partial charge < -0.3 is 4.90 Å². The Bertz CT molecular complexity index is 1420. The number of amides is 1. The lowest BCUT2D eigenvalue weighted by Crippen LogP contribution is -2.28. The minimum atomic E-state index is -1.34. The number of carbonyl (C=O) groups excluding carboxylic acids is 1. The van der Waals surface area contributed by atoms with Crippen molar-refractivity contribution in [1.29, 1.82) is 0 Å². The highest BCUT2D eigenvalue weighted by Crippen LogP contribution is 2.22. The van der Waals surface area contributed by atoms with E-state index in [0.717, 1.165) is 23.4 Å². The Labute approximate surface area is 198 Å². The van der Waals surface area contributed by atoms with Gasteiger partial charge in [0.05, 0.1) is 11.9 Å². The fourth-order valence-electron chi connectivity index (χ4n) is 3.68. The van der Waals surface area contributed by atoms with E-state index in [-0.39, 0.29) is 18.1 Å². The summed E-state index contributed by atoms with van der Waals surface area (Å²) >= 11 is 0. The number of imidazole rings is 1. The van der Waals surface area contributed by atoms with Crippen molar-refractivity contribution >= 4 is 18.1 Å². The van der Waals surface area contributed by atoms with Crippen molar-refractivity contribution in [1.82, 2.24) is 24.2 Å². The van der Waals surface area contributed by atoms with Crippen molar-refractivity contribution in [2.75, 3.05) is 7.05 Å². The van der Waals surface area contributed by atoms with Gasteiger partial charge >= 0.3 is 0 Å². The van der Waals surface area contributed by atoms with Crippen LogP contribution in [0.4, 0.5) is 17.6 Å². The average Bonchev–Trinajstić information content (AvgIpc) is 3.38. The largest absolute Gasteiger partial charge is 0.336 e. The molecule has 2 aromatic carbocycles. The molecule has 0 fully saturated rings. The first kappa shape index (κ1) is 23.9. The molecule has 0 saturated carbocycles. The molecule has 4 aromatic rings. The number of aryl methyl sites for hydroxylation is 2. The quantitative estimate of drug-likeness (QED) is 0.289. The van der Waals surface area contributed by atoms with Crippen molar-refractivity contribution in [2.24, 2.45) is 7.05 Å². The first-order chi connectivity index (χ1) is 16.7. The Hall–Kier alpha value is -4.21. The summed E-state index contributed by atoms with van der Waals surface area (Å²) in [5, 5.41) is 4.28. The van der Waals surface area contributed by atoms with Crippen molar-refractivity contribution in [2.45, 2.75) is 13.5 Å². The summed E-state index contributed by atoms with van der Waals surface area (Å²) in [5.74, 6) is -4.24. The van der Waals surface area contributed by atoms with Crippen LogP contribution in [0.5, 0.6) is 0 Å². The van der Waals surface area contributed by atoms with E-state index in [2.05, 4.69) is 10.1 Å². The first-order valence-electron chi connectivity index (χ1n) is 10.6. The number of hydrogen-bond donors (Lipinski definition) is 0. The van der Waals surface area contributed by atoms with E-state index in [1.54, 1.807) is 18.8 Å². The highest BCUT2D eigenvalue weighted by atomic mass is 19.2. The predicted octanol–water partition coefficient (Wildman–Crippen LogP) is 4.91. The van der Waals surface area contributed by atoms with Crippen LogP contribution in [0.2, 0.25) is 0 Å². The molecule has 0 saturated heterocycles. The zero-order valence-electron chi connectivity index (χ0n) is 19.1. The lowest BCUT2D eigenvalue weighted by atomic mass is 10.1. The molecule has 0 unspecified atom stereocenters. The molecule has 0 atom stereocenters. The molecular formula is C25H21F4N5O. The van der Waals surface area contributed by atoms with Gasteiger partial charge in [0.15, 0.2) is 11.6 Å². The van der Waals surface area contributed by atoms with Crippen LogP contribution in [0.25, 0.3) is 17.8 Å².